The lowest BCUT2D eigenvalue weighted by Gasteiger charge is -2.19. The Morgan fingerprint density at radius 1 is 1.25 bits per heavy atom. The highest BCUT2D eigenvalue weighted by Crippen LogP contribution is 2.22. The van der Waals surface area contributed by atoms with Gasteiger partial charge in [-0.2, -0.15) is 0 Å². The highest BCUT2D eigenvalue weighted by Gasteiger charge is 2.12. The summed E-state index contributed by atoms with van der Waals surface area (Å²) in [6.45, 7) is 0.648. The van der Waals surface area contributed by atoms with Gasteiger partial charge in [0.1, 0.15) is 5.75 Å². The van der Waals surface area contributed by atoms with E-state index in [-0.39, 0.29) is 12.5 Å². The minimum atomic E-state index is -0.766. The van der Waals surface area contributed by atoms with E-state index in [0.29, 0.717) is 13.0 Å². The normalized spacial score (nSPS) is 11.9. The van der Waals surface area contributed by atoms with Crippen molar-refractivity contribution in [3.05, 3.63) is 64.1 Å². The molecule has 5 heteroatoms. The van der Waals surface area contributed by atoms with Crippen LogP contribution in [0.1, 0.15) is 24.0 Å². The summed E-state index contributed by atoms with van der Waals surface area (Å²) in [5, 5.41) is 12.5. The van der Waals surface area contributed by atoms with Crippen LogP contribution in [0.2, 0.25) is 0 Å². The predicted octanol–water partition coefficient (Wildman–Crippen LogP) is 4.02. The third-order valence-corrected chi connectivity index (χ3v) is 4.64. The number of hydrogen-bond acceptors (Lipinski definition) is 3. The molecule has 0 aromatic heterocycles. The van der Waals surface area contributed by atoms with Crippen LogP contribution in [0.25, 0.3) is 0 Å². The highest BCUT2D eigenvalue weighted by atomic mass is 79.9. The molecular formula is C19H22BrNO3. The number of ether oxygens (including phenoxy) is 1. The van der Waals surface area contributed by atoms with E-state index in [4.69, 9.17) is 9.84 Å². The van der Waals surface area contributed by atoms with Crippen LogP contribution in [0, 0.1) is 0 Å². The zero-order valence-electron chi connectivity index (χ0n) is 13.7. The first-order valence-corrected chi connectivity index (χ1v) is 8.69. The van der Waals surface area contributed by atoms with Crippen molar-refractivity contribution in [2.75, 3.05) is 7.11 Å². The van der Waals surface area contributed by atoms with Crippen molar-refractivity contribution in [2.45, 2.75) is 31.8 Å². The number of halogens is 1. The second kappa shape index (κ2) is 9.45. The monoisotopic (exact) mass is 391 g/mol. The number of rotatable bonds is 9. The summed E-state index contributed by atoms with van der Waals surface area (Å²) in [6, 6.07) is 16.1. The van der Waals surface area contributed by atoms with Crippen molar-refractivity contribution in [3.63, 3.8) is 0 Å². The van der Waals surface area contributed by atoms with E-state index in [1.165, 1.54) is 5.56 Å². The number of hydrogen-bond donors (Lipinski definition) is 2. The highest BCUT2D eigenvalue weighted by molar-refractivity contribution is 9.10. The van der Waals surface area contributed by atoms with Crippen LogP contribution in [0.5, 0.6) is 5.75 Å². The molecule has 2 N–H and O–H groups in total. The molecule has 0 spiro atoms. The lowest BCUT2D eigenvalue weighted by atomic mass is 10.0. The van der Waals surface area contributed by atoms with Gasteiger partial charge in [-0.15, -0.1) is 0 Å². The number of carboxylic acid groups (broad SMARTS) is 1. The minimum absolute atomic E-state index is 0.0987. The van der Waals surface area contributed by atoms with Crippen LogP contribution in [0.4, 0.5) is 0 Å². The van der Waals surface area contributed by atoms with E-state index in [9.17, 15) is 4.79 Å². The van der Waals surface area contributed by atoms with Gasteiger partial charge in [0.2, 0.25) is 0 Å². The predicted molar refractivity (Wildman–Crippen MR) is 98.3 cm³/mol. The SMILES string of the molecule is COc1ccc(Br)c(CNC(CCC(=O)O)Cc2ccccc2)c1. The quantitative estimate of drug-likeness (QED) is 0.677. The lowest BCUT2D eigenvalue weighted by Crippen LogP contribution is -2.31. The fourth-order valence-corrected chi connectivity index (χ4v) is 2.93. The van der Waals surface area contributed by atoms with Gasteiger partial charge >= 0.3 is 5.97 Å². The molecule has 0 fully saturated rings. The summed E-state index contributed by atoms with van der Waals surface area (Å²) in [5.74, 6) is 0.0394. The summed E-state index contributed by atoms with van der Waals surface area (Å²) in [7, 11) is 1.64. The molecule has 2 aromatic rings. The van der Waals surface area contributed by atoms with E-state index in [0.717, 1.165) is 22.2 Å². The Morgan fingerprint density at radius 2 is 2.00 bits per heavy atom. The molecule has 128 valence electrons. The maximum atomic E-state index is 10.9. The molecule has 24 heavy (non-hydrogen) atoms. The number of carbonyl (C=O) groups is 1. The molecular weight excluding hydrogens is 370 g/mol. The third kappa shape index (κ3) is 5.98. The molecule has 1 unspecified atom stereocenters. The van der Waals surface area contributed by atoms with E-state index in [1.54, 1.807) is 7.11 Å². The Hall–Kier alpha value is -1.85. The second-order valence-corrected chi connectivity index (χ2v) is 6.51. The van der Waals surface area contributed by atoms with E-state index in [2.05, 4.69) is 33.4 Å². The topological polar surface area (TPSA) is 58.6 Å². The maximum absolute atomic E-state index is 10.9. The van der Waals surface area contributed by atoms with Crippen molar-refractivity contribution in [1.29, 1.82) is 0 Å². The fraction of sp³-hybridized carbons (Fsp3) is 0.316. The Balaban J connectivity index is 2.03. The van der Waals surface area contributed by atoms with Gasteiger partial charge in [0.05, 0.1) is 7.11 Å². The average molecular weight is 392 g/mol. The molecule has 2 rings (SSSR count). The average Bonchev–Trinajstić information content (AvgIpc) is 2.59. The van der Waals surface area contributed by atoms with Crippen molar-refractivity contribution < 1.29 is 14.6 Å². The fourth-order valence-electron chi connectivity index (χ4n) is 2.54. The Bertz CT molecular complexity index is 661. The van der Waals surface area contributed by atoms with Crippen molar-refractivity contribution in [1.82, 2.24) is 5.32 Å². The second-order valence-electron chi connectivity index (χ2n) is 5.66. The number of aliphatic carboxylic acids is 1. The number of nitrogens with one attached hydrogen (secondary N) is 1. The molecule has 4 nitrogen and oxygen atoms in total. The number of benzene rings is 2. The molecule has 0 saturated carbocycles. The summed E-state index contributed by atoms with van der Waals surface area (Å²) in [6.07, 6.45) is 1.55. The summed E-state index contributed by atoms with van der Waals surface area (Å²) in [5.41, 5.74) is 2.29. The molecule has 0 heterocycles. The third-order valence-electron chi connectivity index (χ3n) is 3.87. The molecule has 0 saturated heterocycles. The summed E-state index contributed by atoms with van der Waals surface area (Å²) >= 11 is 3.55. The molecule has 2 aromatic carbocycles. The first kappa shape index (κ1) is 18.5. The van der Waals surface area contributed by atoms with Crippen LogP contribution in [0.3, 0.4) is 0 Å². The minimum Gasteiger partial charge on any atom is -0.497 e. The van der Waals surface area contributed by atoms with Gasteiger partial charge in [0.25, 0.3) is 0 Å². The van der Waals surface area contributed by atoms with E-state index >= 15 is 0 Å². The summed E-state index contributed by atoms with van der Waals surface area (Å²) in [4.78, 5) is 10.9. The zero-order valence-corrected chi connectivity index (χ0v) is 15.3. The summed E-state index contributed by atoms with van der Waals surface area (Å²) < 4.78 is 6.27. The molecule has 1 atom stereocenters. The van der Waals surface area contributed by atoms with Crippen LogP contribution in [-0.4, -0.2) is 24.2 Å². The van der Waals surface area contributed by atoms with E-state index in [1.807, 2.05) is 36.4 Å². The first-order valence-electron chi connectivity index (χ1n) is 7.90. The standard InChI is InChI=1S/C19H22BrNO3/c1-24-17-8-9-18(20)15(12-17)13-21-16(7-10-19(22)23)11-14-5-3-2-4-6-14/h2-6,8-9,12,16,21H,7,10-11,13H2,1H3,(H,22,23). The van der Waals surface area contributed by atoms with Gasteiger partial charge in [-0.3, -0.25) is 4.79 Å². The Labute approximate surface area is 151 Å². The molecule has 0 aliphatic carbocycles. The van der Waals surface area contributed by atoms with Gasteiger partial charge < -0.3 is 15.2 Å². The van der Waals surface area contributed by atoms with Crippen LogP contribution < -0.4 is 10.1 Å². The molecule has 0 radical (unpaired) electrons. The van der Waals surface area contributed by atoms with Crippen LogP contribution in [-0.2, 0) is 17.8 Å². The maximum Gasteiger partial charge on any atom is 0.303 e. The number of carboxylic acids is 1. The van der Waals surface area contributed by atoms with Crippen molar-refractivity contribution in [2.24, 2.45) is 0 Å². The Morgan fingerprint density at radius 3 is 2.67 bits per heavy atom. The number of methoxy groups -OCH3 is 1. The molecule has 0 bridgehead atoms. The molecule has 0 aliphatic rings. The Kier molecular flexibility index (Phi) is 7.28. The van der Waals surface area contributed by atoms with Crippen LogP contribution in [0.15, 0.2) is 53.0 Å². The van der Waals surface area contributed by atoms with E-state index < -0.39 is 5.97 Å². The van der Waals surface area contributed by atoms with Crippen molar-refractivity contribution in [3.8, 4) is 5.75 Å². The van der Waals surface area contributed by atoms with Gasteiger partial charge in [0.15, 0.2) is 0 Å². The van der Waals surface area contributed by atoms with Gasteiger partial charge in [-0.05, 0) is 42.2 Å². The lowest BCUT2D eigenvalue weighted by molar-refractivity contribution is -0.137. The molecule has 0 amide bonds. The van der Waals surface area contributed by atoms with Gasteiger partial charge in [-0.1, -0.05) is 46.3 Å². The zero-order chi connectivity index (χ0) is 17.4. The largest absolute Gasteiger partial charge is 0.497 e. The van der Waals surface area contributed by atoms with Gasteiger partial charge in [0, 0.05) is 23.5 Å². The van der Waals surface area contributed by atoms with Gasteiger partial charge in [-0.25, -0.2) is 0 Å². The molecule has 0 aliphatic heterocycles. The van der Waals surface area contributed by atoms with Crippen LogP contribution >= 0.6 is 15.9 Å². The smallest absolute Gasteiger partial charge is 0.303 e. The van der Waals surface area contributed by atoms with Crippen molar-refractivity contribution >= 4 is 21.9 Å². The first-order chi connectivity index (χ1) is 11.6.